The molecule has 0 aliphatic rings. The van der Waals surface area contributed by atoms with Crippen molar-refractivity contribution in [3.63, 3.8) is 0 Å². The van der Waals surface area contributed by atoms with E-state index in [2.05, 4.69) is 109 Å². The number of hydrogen-bond acceptors (Lipinski definition) is 5. The molecule has 0 unspecified atom stereocenters. The van der Waals surface area contributed by atoms with Crippen molar-refractivity contribution in [2.24, 2.45) is 0 Å². The van der Waals surface area contributed by atoms with Gasteiger partial charge in [0.2, 0.25) is 0 Å². The molecule has 0 atom stereocenters. The first-order valence-corrected chi connectivity index (χ1v) is 16.3. The van der Waals surface area contributed by atoms with Crippen molar-refractivity contribution >= 4 is 54.4 Å². The normalized spacial score (nSPS) is 11.7. The van der Waals surface area contributed by atoms with Crippen LogP contribution in [-0.2, 0) is 0 Å². The number of pyridine rings is 1. The minimum Gasteiger partial charge on any atom is -0.456 e. The third kappa shape index (κ3) is 4.48. The van der Waals surface area contributed by atoms with E-state index < -0.39 is 0 Å². The highest BCUT2D eigenvalue weighted by molar-refractivity contribution is 6.19. The van der Waals surface area contributed by atoms with Crippen LogP contribution in [0.4, 0.5) is 0 Å². The maximum Gasteiger partial charge on any atom is 0.164 e. The summed E-state index contributed by atoms with van der Waals surface area (Å²) in [6.45, 7) is 0. The second kappa shape index (κ2) is 10.9. The fourth-order valence-electron chi connectivity index (χ4n) is 7.08. The summed E-state index contributed by atoms with van der Waals surface area (Å²) < 4.78 is 6.28. The Morgan fingerprint density at radius 2 is 1.08 bits per heavy atom. The Hall–Kier alpha value is -6.72. The molecule has 10 rings (SSSR count). The molecule has 0 saturated carbocycles. The molecule has 0 N–H and O–H groups in total. The largest absolute Gasteiger partial charge is 0.456 e. The molecule has 0 saturated heterocycles. The Morgan fingerprint density at radius 3 is 2.00 bits per heavy atom. The van der Waals surface area contributed by atoms with E-state index >= 15 is 0 Å². The number of aromatic nitrogens is 4. The van der Waals surface area contributed by atoms with Crippen LogP contribution >= 0.6 is 0 Å². The van der Waals surface area contributed by atoms with Crippen LogP contribution in [0.2, 0.25) is 0 Å². The summed E-state index contributed by atoms with van der Waals surface area (Å²) in [5.41, 5.74) is 7.46. The topological polar surface area (TPSA) is 64.7 Å². The molecule has 0 fully saturated rings. The molecule has 3 heterocycles. The summed E-state index contributed by atoms with van der Waals surface area (Å²) in [4.78, 5) is 20.6. The van der Waals surface area contributed by atoms with E-state index in [4.69, 9.17) is 24.4 Å². The highest BCUT2D eigenvalue weighted by Gasteiger charge is 2.20. The molecule has 3 aromatic heterocycles. The van der Waals surface area contributed by atoms with E-state index in [1.165, 1.54) is 5.39 Å². The SMILES string of the molecule is c1ccc(-c2cccc(-c3nc(-c4cc5c6ccccc6ccc5c5ncccc45)nc(-c4cccc5oc6ccccc6c45)n3)c2)cc1. The lowest BCUT2D eigenvalue weighted by Gasteiger charge is -2.14. The predicted octanol–water partition coefficient (Wildman–Crippen LogP) is 11.3. The van der Waals surface area contributed by atoms with Crippen LogP contribution in [0.15, 0.2) is 162 Å². The first-order valence-electron chi connectivity index (χ1n) is 16.3. The third-order valence-electron chi connectivity index (χ3n) is 9.36. The van der Waals surface area contributed by atoms with E-state index in [0.29, 0.717) is 17.5 Å². The van der Waals surface area contributed by atoms with Gasteiger partial charge >= 0.3 is 0 Å². The first kappa shape index (κ1) is 27.4. The van der Waals surface area contributed by atoms with Gasteiger partial charge in [0.1, 0.15) is 11.2 Å². The molecule has 228 valence electrons. The van der Waals surface area contributed by atoms with Crippen molar-refractivity contribution in [1.82, 2.24) is 19.9 Å². The molecule has 0 bridgehead atoms. The lowest BCUT2D eigenvalue weighted by molar-refractivity contribution is 0.669. The van der Waals surface area contributed by atoms with Gasteiger partial charge in [0.25, 0.3) is 0 Å². The molecule has 5 heteroatoms. The van der Waals surface area contributed by atoms with Gasteiger partial charge in [-0.25, -0.2) is 15.0 Å². The summed E-state index contributed by atoms with van der Waals surface area (Å²) in [6.07, 6.45) is 1.85. The smallest absolute Gasteiger partial charge is 0.164 e. The van der Waals surface area contributed by atoms with Crippen LogP contribution < -0.4 is 0 Å². The van der Waals surface area contributed by atoms with Crippen LogP contribution in [0.25, 0.3) is 99.7 Å². The van der Waals surface area contributed by atoms with Gasteiger partial charge in [0, 0.05) is 44.4 Å². The van der Waals surface area contributed by atoms with Crippen molar-refractivity contribution in [3.8, 4) is 45.3 Å². The second-order valence-corrected chi connectivity index (χ2v) is 12.2. The Balaban J connectivity index is 1.29. The molecule has 0 radical (unpaired) electrons. The number of nitrogens with zero attached hydrogens (tertiary/aromatic N) is 4. The first-order chi connectivity index (χ1) is 24.3. The second-order valence-electron chi connectivity index (χ2n) is 12.2. The van der Waals surface area contributed by atoms with Crippen LogP contribution in [0.5, 0.6) is 0 Å². The average molecular weight is 627 g/mol. The van der Waals surface area contributed by atoms with Crippen LogP contribution in [-0.4, -0.2) is 19.9 Å². The lowest BCUT2D eigenvalue weighted by atomic mass is 9.96. The number of rotatable bonds is 4. The number of furan rings is 1. The molecule has 5 nitrogen and oxygen atoms in total. The fourth-order valence-corrected chi connectivity index (χ4v) is 7.08. The van der Waals surface area contributed by atoms with Gasteiger partial charge in [0.15, 0.2) is 17.5 Å². The molecule has 0 amide bonds. The van der Waals surface area contributed by atoms with Gasteiger partial charge in [-0.2, -0.15) is 0 Å². The zero-order valence-corrected chi connectivity index (χ0v) is 26.2. The quantitative estimate of drug-likeness (QED) is 0.182. The Bertz CT molecular complexity index is 2890. The molecule has 7 aromatic carbocycles. The van der Waals surface area contributed by atoms with Crippen molar-refractivity contribution in [1.29, 1.82) is 0 Å². The lowest BCUT2D eigenvalue weighted by Crippen LogP contribution is -2.01. The summed E-state index contributed by atoms with van der Waals surface area (Å²) in [7, 11) is 0. The molecule has 10 aromatic rings. The summed E-state index contributed by atoms with van der Waals surface area (Å²) in [5, 5.41) is 7.52. The van der Waals surface area contributed by atoms with Crippen LogP contribution in [0.1, 0.15) is 0 Å². The molecular formula is C44H26N4O. The van der Waals surface area contributed by atoms with Gasteiger partial charge < -0.3 is 4.42 Å². The number of fused-ring (bicyclic) bond motifs is 8. The van der Waals surface area contributed by atoms with E-state index in [9.17, 15) is 0 Å². The highest BCUT2D eigenvalue weighted by atomic mass is 16.3. The minimum atomic E-state index is 0.581. The summed E-state index contributed by atoms with van der Waals surface area (Å²) in [6, 6.07) is 52.1. The summed E-state index contributed by atoms with van der Waals surface area (Å²) in [5.74, 6) is 1.76. The van der Waals surface area contributed by atoms with Gasteiger partial charge in [0.05, 0.1) is 5.52 Å². The van der Waals surface area contributed by atoms with Crippen LogP contribution in [0.3, 0.4) is 0 Å². The highest BCUT2D eigenvalue weighted by Crippen LogP contribution is 2.39. The third-order valence-corrected chi connectivity index (χ3v) is 9.36. The van der Waals surface area contributed by atoms with Crippen molar-refractivity contribution in [2.75, 3.05) is 0 Å². The number of para-hydroxylation sites is 1. The maximum absolute atomic E-state index is 6.28. The van der Waals surface area contributed by atoms with Gasteiger partial charge in [-0.15, -0.1) is 0 Å². The Kier molecular flexibility index (Phi) is 6.11. The zero-order chi connectivity index (χ0) is 32.3. The zero-order valence-electron chi connectivity index (χ0n) is 26.2. The monoisotopic (exact) mass is 626 g/mol. The average Bonchev–Trinajstić information content (AvgIpc) is 3.57. The van der Waals surface area contributed by atoms with Gasteiger partial charge in [-0.3, -0.25) is 4.98 Å². The standard InChI is InChI=1S/C44H26N4O/c1-2-11-27(12-3-1)29-14-8-15-30(25-29)42-46-43(35-18-9-21-39-40(35)34-17-6-7-20-38(34)49-39)48-44(47-42)37-26-36-31-16-5-4-13-28(31)22-23-33(36)41-32(37)19-10-24-45-41/h1-26H. The van der Waals surface area contributed by atoms with E-state index in [1.807, 2.05) is 48.7 Å². The van der Waals surface area contributed by atoms with Crippen LogP contribution in [0, 0.1) is 0 Å². The number of benzene rings is 7. The Morgan fingerprint density at radius 1 is 0.388 bits per heavy atom. The Labute approximate surface area is 281 Å². The minimum absolute atomic E-state index is 0.581. The fraction of sp³-hybridized carbons (Fsp3) is 0. The maximum atomic E-state index is 6.28. The molecular weight excluding hydrogens is 601 g/mol. The van der Waals surface area contributed by atoms with Gasteiger partial charge in [-0.1, -0.05) is 121 Å². The number of hydrogen-bond donors (Lipinski definition) is 0. The van der Waals surface area contributed by atoms with Crippen molar-refractivity contribution < 1.29 is 4.42 Å². The van der Waals surface area contributed by atoms with E-state index in [-0.39, 0.29) is 0 Å². The van der Waals surface area contributed by atoms with Crippen molar-refractivity contribution in [3.05, 3.63) is 158 Å². The van der Waals surface area contributed by atoms with Gasteiger partial charge in [-0.05, 0) is 57.6 Å². The molecule has 0 spiro atoms. The van der Waals surface area contributed by atoms with E-state index in [1.54, 1.807) is 0 Å². The predicted molar refractivity (Wildman–Crippen MR) is 199 cm³/mol. The molecule has 0 aliphatic heterocycles. The molecule has 0 aliphatic carbocycles. The van der Waals surface area contributed by atoms with Crippen molar-refractivity contribution in [2.45, 2.75) is 0 Å². The van der Waals surface area contributed by atoms with E-state index in [0.717, 1.165) is 76.8 Å². The molecule has 49 heavy (non-hydrogen) atoms. The summed E-state index contributed by atoms with van der Waals surface area (Å²) >= 11 is 0.